The zero-order valence-electron chi connectivity index (χ0n) is 11.6. The zero-order valence-corrected chi connectivity index (χ0v) is 13.2. The topological polar surface area (TPSA) is 62.2 Å². The van der Waals surface area contributed by atoms with Crippen molar-refractivity contribution in [2.24, 2.45) is 0 Å². The van der Waals surface area contributed by atoms with Crippen LogP contribution < -0.4 is 5.32 Å². The molecule has 0 bridgehead atoms. The largest absolute Gasteiger partial charge is 0.423 e. The van der Waals surface area contributed by atoms with E-state index in [2.05, 4.69) is 26.2 Å². The third-order valence-corrected chi connectivity index (χ3v) is 3.63. The molecule has 2 N–H and O–H groups in total. The van der Waals surface area contributed by atoms with E-state index in [1.807, 2.05) is 0 Å². The number of alkyl halides is 3. The molecule has 122 valence electrons. The maximum Gasteiger partial charge on any atom is 0.423 e. The summed E-state index contributed by atoms with van der Waals surface area (Å²) in [5.41, 5.74) is -3.44. The summed E-state index contributed by atoms with van der Waals surface area (Å²) in [6.07, 6.45) is -2.29. The molecule has 8 heteroatoms. The van der Waals surface area contributed by atoms with Crippen molar-refractivity contribution < 1.29 is 23.1 Å². The fourth-order valence-electron chi connectivity index (χ4n) is 1.93. The van der Waals surface area contributed by atoms with Gasteiger partial charge >= 0.3 is 6.18 Å². The minimum Gasteiger partial charge on any atom is -0.375 e. The fraction of sp³-hybridized carbons (Fsp3) is 0.200. The highest BCUT2D eigenvalue weighted by molar-refractivity contribution is 9.10. The Labute approximate surface area is 138 Å². The summed E-state index contributed by atoms with van der Waals surface area (Å²) < 4.78 is 40.4. The van der Waals surface area contributed by atoms with Crippen LogP contribution in [-0.4, -0.2) is 28.7 Å². The van der Waals surface area contributed by atoms with Crippen LogP contribution in [0.4, 0.5) is 13.2 Å². The summed E-state index contributed by atoms with van der Waals surface area (Å²) in [6.45, 7) is -1.01. The first-order valence-corrected chi connectivity index (χ1v) is 7.27. The summed E-state index contributed by atoms with van der Waals surface area (Å²) in [5, 5.41) is 12.2. The molecule has 0 aliphatic heterocycles. The van der Waals surface area contributed by atoms with Crippen molar-refractivity contribution in [2.75, 3.05) is 6.54 Å². The fourth-order valence-corrected chi connectivity index (χ4v) is 2.29. The smallest absolute Gasteiger partial charge is 0.375 e. The van der Waals surface area contributed by atoms with Gasteiger partial charge in [0.2, 0.25) is 5.60 Å². The van der Waals surface area contributed by atoms with Gasteiger partial charge in [0.15, 0.2) is 0 Å². The van der Waals surface area contributed by atoms with Crippen molar-refractivity contribution >= 4 is 21.8 Å². The van der Waals surface area contributed by atoms with Crippen molar-refractivity contribution in [3.8, 4) is 0 Å². The number of nitrogens with zero attached hydrogens (tertiary/aromatic N) is 1. The molecule has 0 fully saturated rings. The Kier molecular flexibility index (Phi) is 5.06. The van der Waals surface area contributed by atoms with E-state index in [0.717, 1.165) is 12.1 Å². The van der Waals surface area contributed by atoms with E-state index in [0.29, 0.717) is 4.47 Å². The molecule has 0 aliphatic rings. The minimum absolute atomic E-state index is 0.0805. The monoisotopic (exact) mass is 388 g/mol. The Balaban J connectivity index is 2.22. The Bertz CT molecular complexity index is 695. The summed E-state index contributed by atoms with van der Waals surface area (Å²) in [6, 6.07) is 8.02. The van der Waals surface area contributed by atoms with Gasteiger partial charge in [-0.3, -0.25) is 9.78 Å². The maximum absolute atomic E-state index is 13.3. The Morgan fingerprint density at radius 2 is 1.87 bits per heavy atom. The van der Waals surface area contributed by atoms with Gasteiger partial charge in [-0.25, -0.2) is 0 Å². The lowest BCUT2D eigenvalue weighted by atomic mass is 9.93. The van der Waals surface area contributed by atoms with Gasteiger partial charge in [-0.1, -0.05) is 30.3 Å². The quantitative estimate of drug-likeness (QED) is 0.845. The van der Waals surface area contributed by atoms with E-state index in [1.165, 1.54) is 36.7 Å². The van der Waals surface area contributed by atoms with Crippen molar-refractivity contribution in [3.63, 3.8) is 0 Å². The van der Waals surface area contributed by atoms with Crippen molar-refractivity contribution in [1.29, 1.82) is 0 Å². The Morgan fingerprint density at radius 3 is 2.43 bits per heavy atom. The average Bonchev–Trinajstić information content (AvgIpc) is 2.52. The number of carbonyl (C=O) groups is 1. The van der Waals surface area contributed by atoms with Gasteiger partial charge in [-0.2, -0.15) is 13.2 Å². The van der Waals surface area contributed by atoms with Gasteiger partial charge in [0.05, 0.1) is 12.1 Å². The molecule has 1 unspecified atom stereocenters. The van der Waals surface area contributed by atoms with E-state index < -0.39 is 24.2 Å². The van der Waals surface area contributed by atoms with Gasteiger partial charge in [0.25, 0.3) is 5.91 Å². The molecule has 1 atom stereocenters. The summed E-state index contributed by atoms with van der Waals surface area (Å²) in [7, 11) is 0. The molecule has 1 aromatic carbocycles. The standard InChI is InChI=1S/C15H12BrF3N2O2/c16-12-6-10(7-20-8-12)13(22)21-9-14(23,15(17,18)19)11-4-2-1-3-5-11/h1-8,23H,9H2,(H,21,22). The van der Waals surface area contributed by atoms with Crippen LogP contribution in [0.2, 0.25) is 0 Å². The van der Waals surface area contributed by atoms with E-state index in [9.17, 15) is 23.1 Å². The highest BCUT2D eigenvalue weighted by atomic mass is 79.9. The predicted octanol–water partition coefficient (Wildman–Crippen LogP) is 3.02. The third-order valence-electron chi connectivity index (χ3n) is 3.19. The number of amides is 1. The van der Waals surface area contributed by atoms with Gasteiger partial charge in [-0.15, -0.1) is 0 Å². The van der Waals surface area contributed by atoms with Crippen molar-refractivity contribution in [1.82, 2.24) is 10.3 Å². The normalized spacial score (nSPS) is 14.1. The van der Waals surface area contributed by atoms with Crippen LogP contribution in [0.15, 0.2) is 53.3 Å². The van der Waals surface area contributed by atoms with Crippen molar-refractivity contribution in [2.45, 2.75) is 11.8 Å². The molecule has 0 saturated heterocycles. The molecule has 2 aromatic rings. The van der Waals surface area contributed by atoms with Gasteiger partial charge in [0, 0.05) is 16.9 Å². The number of pyridine rings is 1. The van der Waals surface area contributed by atoms with Crippen LogP contribution in [0.5, 0.6) is 0 Å². The van der Waals surface area contributed by atoms with E-state index in [1.54, 1.807) is 0 Å². The van der Waals surface area contributed by atoms with Crippen LogP contribution >= 0.6 is 15.9 Å². The second-order valence-electron chi connectivity index (χ2n) is 4.80. The van der Waals surface area contributed by atoms with Crippen LogP contribution in [0.3, 0.4) is 0 Å². The van der Waals surface area contributed by atoms with Gasteiger partial charge in [-0.05, 0) is 27.6 Å². The predicted molar refractivity (Wildman–Crippen MR) is 80.7 cm³/mol. The summed E-state index contributed by atoms with van der Waals surface area (Å²) in [4.78, 5) is 15.7. The minimum atomic E-state index is -4.95. The van der Waals surface area contributed by atoms with Crippen LogP contribution in [0.25, 0.3) is 0 Å². The number of rotatable bonds is 4. The van der Waals surface area contributed by atoms with E-state index >= 15 is 0 Å². The zero-order chi connectivity index (χ0) is 17.1. The molecule has 1 amide bonds. The average molecular weight is 389 g/mol. The van der Waals surface area contributed by atoms with E-state index in [-0.39, 0.29) is 11.1 Å². The molecule has 0 spiro atoms. The van der Waals surface area contributed by atoms with Gasteiger partial charge < -0.3 is 10.4 Å². The first-order chi connectivity index (χ1) is 10.7. The first-order valence-electron chi connectivity index (χ1n) is 6.47. The number of halogens is 4. The molecule has 1 aromatic heterocycles. The van der Waals surface area contributed by atoms with E-state index in [4.69, 9.17) is 0 Å². The number of benzene rings is 1. The summed E-state index contributed by atoms with van der Waals surface area (Å²) >= 11 is 3.12. The molecule has 0 saturated carbocycles. The molecular formula is C15H12BrF3N2O2. The molecule has 23 heavy (non-hydrogen) atoms. The van der Waals surface area contributed by atoms with Crippen molar-refractivity contribution in [3.05, 3.63) is 64.4 Å². The molecule has 0 aliphatic carbocycles. The molecule has 2 rings (SSSR count). The molecule has 4 nitrogen and oxygen atoms in total. The van der Waals surface area contributed by atoms with Crippen LogP contribution in [-0.2, 0) is 5.60 Å². The number of aliphatic hydroxyl groups is 1. The second-order valence-corrected chi connectivity index (χ2v) is 5.71. The molecular weight excluding hydrogens is 377 g/mol. The maximum atomic E-state index is 13.3. The number of hydrogen-bond donors (Lipinski definition) is 2. The highest BCUT2D eigenvalue weighted by Crippen LogP contribution is 2.38. The van der Waals surface area contributed by atoms with Crippen LogP contribution in [0.1, 0.15) is 15.9 Å². The highest BCUT2D eigenvalue weighted by Gasteiger charge is 2.55. The van der Waals surface area contributed by atoms with Gasteiger partial charge in [0.1, 0.15) is 0 Å². The number of hydrogen-bond acceptors (Lipinski definition) is 3. The first kappa shape index (κ1) is 17.4. The SMILES string of the molecule is O=C(NCC(O)(c1ccccc1)C(F)(F)F)c1cncc(Br)c1. The number of carbonyl (C=O) groups excluding carboxylic acids is 1. The molecule has 1 heterocycles. The number of nitrogens with one attached hydrogen (secondary N) is 1. The Morgan fingerprint density at radius 1 is 1.22 bits per heavy atom. The lowest BCUT2D eigenvalue weighted by Crippen LogP contribution is -2.51. The van der Waals surface area contributed by atoms with Crippen LogP contribution in [0, 0.1) is 0 Å². The molecule has 0 radical (unpaired) electrons. The lowest BCUT2D eigenvalue weighted by Gasteiger charge is -2.31. The number of aromatic nitrogens is 1. The lowest BCUT2D eigenvalue weighted by molar-refractivity contribution is -0.263. The summed E-state index contributed by atoms with van der Waals surface area (Å²) in [5.74, 6) is -0.766. The Hall–Kier alpha value is -1.93. The second kappa shape index (κ2) is 6.67. The third kappa shape index (κ3) is 3.89.